The van der Waals surface area contributed by atoms with Crippen LogP contribution in [0.1, 0.15) is 20.8 Å². The summed E-state index contributed by atoms with van der Waals surface area (Å²) in [6.07, 6.45) is -4.30. The molecular weight excluding hydrogens is 244 g/mol. The molecule has 1 fully saturated rings. The van der Waals surface area contributed by atoms with Gasteiger partial charge in [-0.05, 0) is 6.92 Å². The number of esters is 2. The van der Waals surface area contributed by atoms with E-state index in [1.54, 1.807) is 6.92 Å². The standard InChI is InChI=1S/C11H18O7/c1-5(16-6(2)12)8-9(17-7(3)13)10(15-4)11(14)18-8/h5,8-11,14H,1-4H3/t5-,8+,9+,10-,11+/m0/s1. The highest BCUT2D eigenvalue weighted by Crippen LogP contribution is 2.28. The third-order valence-corrected chi connectivity index (χ3v) is 2.61. The summed E-state index contributed by atoms with van der Waals surface area (Å²) in [5, 5.41) is 9.65. The molecular formula is C11H18O7. The van der Waals surface area contributed by atoms with Crippen LogP contribution in [0.25, 0.3) is 0 Å². The average Bonchev–Trinajstić information content (AvgIpc) is 2.53. The summed E-state index contributed by atoms with van der Waals surface area (Å²) in [7, 11) is 1.37. The van der Waals surface area contributed by atoms with Crippen LogP contribution in [0.5, 0.6) is 0 Å². The van der Waals surface area contributed by atoms with Gasteiger partial charge in [-0.1, -0.05) is 0 Å². The van der Waals surface area contributed by atoms with Crippen LogP contribution in [0.4, 0.5) is 0 Å². The zero-order chi connectivity index (χ0) is 13.9. The molecule has 0 aromatic carbocycles. The first kappa shape index (κ1) is 14.9. The van der Waals surface area contributed by atoms with Crippen molar-refractivity contribution in [3.05, 3.63) is 0 Å². The lowest BCUT2D eigenvalue weighted by atomic mass is 10.1. The molecule has 104 valence electrons. The van der Waals surface area contributed by atoms with E-state index in [9.17, 15) is 14.7 Å². The Morgan fingerprint density at radius 2 is 1.83 bits per heavy atom. The predicted octanol–water partition coefficient (Wildman–Crippen LogP) is -0.398. The minimum Gasteiger partial charge on any atom is -0.460 e. The number of carbonyl (C=O) groups excluding carboxylic acids is 2. The van der Waals surface area contributed by atoms with Crippen molar-refractivity contribution in [1.82, 2.24) is 0 Å². The summed E-state index contributed by atoms with van der Waals surface area (Å²) in [6, 6.07) is 0. The van der Waals surface area contributed by atoms with Crippen LogP contribution in [0.3, 0.4) is 0 Å². The Kier molecular flexibility index (Phi) is 5.06. The minimum atomic E-state index is -1.23. The van der Waals surface area contributed by atoms with E-state index < -0.39 is 42.6 Å². The van der Waals surface area contributed by atoms with Gasteiger partial charge in [0.05, 0.1) is 0 Å². The molecule has 1 rings (SSSR count). The molecule has 0 bridgehead atoms. The molecule has 7 nitrogen and oxygen atoms in total. The van der Waals surface area contributed by atoms with Gasteiger partial charge in [0.1, 0.15) is 18.3 Å². The van der Waals surface area contributed by atoms with Crippen molar-refractivity contribution >= 4 is 11.9 Å². The molecule has 0 spiro atoms. The van der Waals surface area contributed by atoms with E-state index in [1.807, 2.05) is 0 Å². The summed E-state index contributed by atoms with van der Waals surface area (Å²) < 4.78 is 20.3. The normalized spacial score (nSPS) is 32.9. The number of aliphatic hydroxyl groups excluding tert-OH is 1. The number of aliphatic hydroxyl groups is 1. The largest absolute Gasteiger partial charge is 0.460 e. The van der Waals surface area contributed by atoms with Crippen molar-refractivity contribution in [2.24, 2.45) is 0 Å². The van der Waals surface area contributed by atoms with Crippen LogP contribution in [0, 0.1) is 0 Å². The molecule has 18 heavy (non-hydrogen) atoms. The molecule has 0 aromatic rings. The Balaban J connectivity index is 2.80. The van der Waals surface area contributed by atoms with Crippen molar-refractivity contribution in [3.63, 3.8) is 0 Å². The Bertz CT molecular complexity index is 317. The van der Waals surface area contributed by atoms with Crippen molar-refractivity contribution in [1.29, 1.82) is 0 Å². The van der Waals surface area contributed by atoms with Gasteiger partial charge in [0.15, 0.2) is 12.4 Å². The summed E-state index contributed by atoms with van der Waals surface area (Å²) >= 11 is 0. The molecule has 1 aliphatic rings. The van der Waals surface area contributed by atoms with Crippen molar-refractivity contribution < 1.29 is 33.6 Å². The maximum atomic E-state index is 11.0. The highest BCUT2D eigenvalue weighted by atomic mass is 16.7. The van der Waals surface area contributed by atoms with E-state index in [4.69, 9.17) is 18.9 Å². The Hall–Kier alpha value is -1.18. The summed E-state index contributed by atoms with van der Waals surface area (Å²) in [4.78, 5) is 21.9. The molecule has 1 heterocycles. The summed E-state index contributed by atoms with van der Waals surface area (Å²) in [6.45, 7) is 4.09. The lowest BCUT2D eigenvalue weighted by Crippen LogP contribution is -2.43. The first-order valence-corrected chi connectivity index (χ1v) is 5.57. The van der Waals surface area contributed by atoms with E-state index in [-0.39, 0.29) is 0 Å². The fraction of sp³-hybridized carbons (Fsp3) is 0.818. The molecule has 0 unspecified atom stereocenters. The Morgan fingerprint density at radius 1 is 1.22 bits per heavy atom. The van der Waals surface area contributed by atoms with Crippen LogP contribution >= 0.6 is 0 Å². The molecule has 1 aliphatic heterocycles. The van der Waals surface area contributed by atoms with Crippen molar-refractivity contribution in [3.8, 4) is 0 Å². The Morgan fingerprint density at radius 3 is 2.28 bits per heavy atom. The van der Waals surface area contributed by atoms with E-state index in [1.165, 1.54) is 21.0 Å². The van der Waals surface area contributed by atoms with Crippen molar-refractivity contribution in [2.75, 3.05) is 7.11 Å². The molecule has 1 N–H and O–H groups in total. The second kappa shape index (κ2) is 6.12. The molecule has 5 atom stereocenters. The van der Waals surface area contributed by atoms with Crippen LogP contribution < -0.4 is 0 Å². The van der Waals surface area contributed by atoms with Crippen LogP contribution in [0.2, 0.25) is 0 Å². The number of rotatable bonds is 4. The third kappa shape index (κ3) is 3.41. The van der Waals surface area contributed by atoms with Crippen LogP contribution in [0.15, 0.2) is 0 Å². The van der Waals surface area contributed by atoms with Gasteiger partial charge in [-0.2, -0.15) is 0 Å². The van der Waals surface area contributed by atoms with Crippen LogP contribution in [-0.2, 0) is 28.5 Å². The number of carbonyl (C=O) groups is 2. The zero-order valence-electron chi connectivity index (χ0n) is 10.8. The maximum Gasteiger partial charge on any atom is 0.303 e. The monoisotopic (exact) mass is 262 g/mol. The van der Waals surface area contributed by atoms with Gasteiger partial charge in [0.2, 0.25) is 0 Å². The van der Waals surface area contributed by atoms with Gasteiger partial charge in [-0.3, -0.25) is 9.59 Å². The molecule has 0 saturated carbocycles. The minimum absolute atomic E-state index is 0.483. The SMILES string of the molecule is CO[C@H]1[C@H](OC(C)=O)[C@@H]([C@H](C)OC(C)=O)O[C@H]1O. The zero-order valence-corrected chi connectivity index (χ0v) is 10.8. The van der Waals surface area contributed by atoms with Gasteiger partial charge < -0.3 is 24.1 Å². The summed E-state index contributed by atoms with van der Waals surface area (Å²) in [5.41, 5.74) is 0. The fourth-order valence-electron chi connectivity index (χ4n) is 1.95. The number of hydrogen-bond donors (Lipinski definition) is 1. The molecule has 0 amide bonds. The van der Waals surface area contributed by atoms with Gasteiger partial charge in [-0.25, -0.2) is 0 Å². The summed E-state index contributed by atoms with van der Waals surface area (Å²) in [5.74, 6) is -1.01. The first-order chi connectivity index (χ1) is 8.36. The highest BCUT2D eigenvalue weighted by molar-refractivity contribution is 5.67. The second-order valence-corrected chi connectivity index (χ2v) is 4.08. The van der Waals surface area contributed by atoms with E-state index in [2.05, 4.69) is 0 Å². The first-order valence-electron chi connectivity index (χ1n) is 5.57. The number of hydrogen-bond acceptors (Lipinski definition) is 7. The smallest absolute Gasteiger partial charge is 0.303 e. The van der Waals surface area contributed by atoms with Crippen molar-refractivity contribution in [2.45, 2.75) is 51.5 Å². The van der Waals surface area contributed by atoms with Gasteiger partial charge in [-0.15, -0.1) is 0 Å². The second-order valence-electron chi connectivity index (χ2n) is 4.08. The van der Waals surface area contributed by atoms with E-state index in [0.717, 1.165) is 0 Å². The van der Waals surface area contributed by atoms with Gasteiger partial charge >= 0.3 is 11.9 Å². The average molecular weight is 262 g/mol. The fourth-order valence-corrected chi connectivity index (χ4v) is 1.95. The lowest BCUT2D eigenvalue weighted by Gasteiger charge is -2.25. The quantitative estimate of drug-likeness (QED) is 0.689. The molecule has 0 aromatic heterocycles. The number of methoxy groups -OCH3 is 1. The van der Waals surface area contributed by atoms with Crippen LogP contribution in [-0.4, -0.2) is 54.9 Å². The maximum absolute atomic E-state index is 11.0. The molecule has 0 aliphatic carbocycles. The predicted molar refractivity (Wildman–Crippen MR) is 58.5 cm³/mol. The van der Waals surface area contributed by atoms with E-state index in [0.29, 0.717) is 0 Å². The Labute approximate surface area is 105 Å². The van der Waals surface area contributed by atoms with E-state index >= 15 is 0 Å². The molecule has 0 radical (unpaired) electrons. The molecule has 7 heteroatoms. The molecule has 1 saturated heterocycles. The third-order valence-electron chi connectivity index (χ3n) is 2.61. The number of ether oxygens (including phenoxy) is 4. The highest BCUT2D eigenvalue weighted by Gasteiger charge is 2.49. The van der Waals surface area contributed by atoms with Gasteiger partial charge in [0, 0.05) is 21.0 Å². The van der Waals surface area contributed by atoms with Gasteiger partial charge in [0.25, 0.3) is 0 Å². The topological polar surface area (TPSA) is 91.3 Å². The lowest BCUT2D eigenvalue weighted by molar-refractivity contribution is -0.171.